The van der Waals surface area contributed by atoms with Gasteiger partial charge < -0.3 is 0 Å². The molecule has 2 aliphatic rings. The number of hydrogen-bond donors (Lipinski definition) is 0. The molecule has 6 nitrogen and oxygen atoms in total. The van der Waals surface area contributed by atoms with Crippen LogP contribution in [0, 0.1) is 0 Å². The first kappa shape index (κ1) is 15.3. The largest absolute Gasteiger partial charge is 0.347 e. The molecule has 0 aromatic heterocycles. The van der Waals surface area contributed by atoms with Crippen LogP contribution in [0.25, 0.3) is 0 Å². The fourth-order valence-corrected chi connectivity index (χ4v) is 7.31. The van der Waals surface area contributed by atoms with Crippen LogP contribution in [0.15, 0.2) is 60.7 Å². The van der Waals surface area contributed by atoms with Crippen LogP contribution in [0.1, 0.15) is 23.7 Å². The van der Waals surface area contributed by atoms with E-state index in [1.165, 1.54) is 0 Å². The minimum Gasteiger partial charge on any atom is -0.273 e. The van der Waals surface area contributed by atoms with Crippen LogP contribution in [-0.2, 0) is 27.2 Å². The van der Waals surface area contributed by atoms with Crippen molar-refractivity contribution in [2.24, 2.45) is 0 Å². The highest BCUT2D eigenvalue weighted by atomic mass is 31.2. The van der Waals surface area contributed by atoms with Crippen LogP contribution in [0.3, 0.4) is 0 Å². The van der Waals surface area contributed by atoms with Gasteiger partial charge in [-0.3, -0.25) is 27.2 Å². The molecule has 120 valence electrons. The molecule has 2 bridgehead atoms. The third-order valence-electron chi connectivity index (χ3n) is 3.52. The van der Waals surface area contributed by atoms with E-state index in [2.05, 4.69) is 0 Å². The topological polar surface area (TPSA) is 71.1 Å². The normalized spacial score (nSPS) is 36.5. The third-order valence-corrected chi connectivity index (χ3v) is 8.34. The van der Waals surface area contributed by atoms with E-state index < -0.39 is 27.8 Å². The Morgan fingerprint density at radius 3 is 1.35 bits per heavy atom. The molecule has 0 atom stereocenters. The first-order chi connectivity index (χ1) is 11.1. The summed E-state index contributed by atoms with van der Waals surface area (Å²) in [5.41, 5.74) is 1.22. The zero-order valence-corrected chi connectivity index (χ0v) is 13.8. The van der Waals surface area contributed by atoms with Crippen molar-refractivity contribution in [3.63, 3.8) is 0 Å². The molecule has 2 aromatic carbocycles. The summed E-state index contributed by atoms with van der Waals surface area (Å²) >= 11 is 0. The maximum absolute atomic E-state index is 12.9. The second-order valence-corrected chi connectivity index (χ2v) is 9.69. The van der Waals surface area contributed by atoms with Gasteiger partial charge in [-0.2, -0.15) is 0 Å². The summed E-state index contributed by atoms with van der Waals surface area (Å²) in [6.07, 6.45) is -2.06. The van der Waals surface area contributed by atoms with Gasteiger partial charge in [-0.25, -0.2) is 0 Å². The van der Waals surface area contributed by atoms with Gasteiger partial charge in [0.1, 0.15) is 0 Å². The van der Waals surface area contributed by atoms with Gasteiger partial charge in [-0.1, -0.05) is 60.7 Å². The molecule has 0 unspecified atom stereocenters. The quantitative estimate of drug-likeness (QED) is 0.722. The fraction of sp³-hybridized carbons (Fsp3) is 0.200. The van der Waals surface area contributed by atoms with Gasteiger partial charge in [-0.05, 0) is 0 Å². The van der Waals surface area contributed by atoms with Gasteiger partial charge >= 0.3 is 15.2 Å². The Balaban J connectivity index is 1.65. The van der Waals surface area contributed by atoms with Crippen LogP contribution in [-0.4, -0.2) is 5.90 Å². The smallest absolute Gasteiger partial charge is 0.273 e. The zero-order valence-electron chi connectivity index (χ0n) is 12.0. The van der Waals surface area contributed by atoms with Crippen LogP contribution in [0.4, 0.5) is 0 Å². The highest BCUT2D eigenvalue weighted by Crippen LogP contribution is 2.77. The maximum atomic E-state index is 12.9. The first-order valence-corrected chi connectivity index (χ1v) is 10.5. The summed E-state index contributed by atoms with van der Waals surface area (Å²) in [4.78, 5) is 0. The summed E-state index contributed by atoms with van der Waals surface area (Å²) in [7, 11) is -7.17. The predicted molar refractivity (Wildman–Crippen MR) is 82.8 cm³/mol. The molecule has 2 saturated heterocycles. The molecular weight excluding hydrogens is 338 g/mol. The Morgan fingerprint density at radius 1 is 0.652 bits per heavy atom. The summed E-state index contributed by atoms with van der Waals surface area (Å²) in [5, 5.41) is 0. The van der Waals surface area contributed by atoms with Crippen LogP contribution < -0.4 is 0 Å². The summed E-state index contributed by atoms with van der Waals surface area (Å²) in [6.45, 7) is 0. The van der Waals surface area contributed by atoms with Gasteiger partial charge in [0.05, 0.1) is 0 Å². The van der Waals surface area contributed by atoms with Gasteiger partial charge in [-0.15, -0.1) is 0 Å². The highest BCUT2D eigenvalue weighted by molar-refractivity contribution is 7.72. The SMILES string of the molecule is O=P12CP(=O)(OC(c3ccccc3)O1)OC(c1ccccc1)O2. The lowest BCUT2D eigenvalue weighted by Gasteiger charge is -2.40. The number of fused-ring (bicyclic) bond motifs is 2. The Kier molecular flexibility index (Phi) is 3.77. The monoisotopic (exact) mass is 352 g/mol. The third kappa shape index (κ3) is 3.07. The van der Waals surface area contributed by atoms with E-state index in [4.69, 9.17) is 18.1 Å². The lowest BCUT2D eigenvalue weighted by atomic mass is 10.2. The molecule has 0 amide bonds. The van der Waals surface area contributed by atoms with Gasteiger partial charge in [0, 0.05) is 11.1 Å². The second kappa shape index (κ2) is 5.67. The van der Waals surface area contributed by atoms with E-state index in [1.54, 1.807) is 48.5 Å². The molecule has 0 spiro atoms. The van der Waals surface area contributed by atoms with Crippen molar-refractivity contribution in [1.82, 2.24) is 0 Å². The van der Waals surface area contributed by atoms with Crippen molar-refractivity contribution in [3.8, 4) is 0 Å². The minimum absolute atomic E-state index is 0.368. The molecule has 2 aliphatic heterocycles. The molecule has 0 aliphatic carbocycles. The molecule has 8 heteroatoms. The van der Waals surface area contributed by atoms with Crippen molar-refractivity contribution in [3.05, 3.63) is 71.8 Å². The number of rotatable bonds is 2. The molecule has 2 aromatic rings. The van der Waals surface area contributed by atoms with Crippen molar-refractivity contribution >= 4 is 15.2 Å². The van der Waals surface area contributed by atoms with E-state index in [0.717, 1.165) is 0 Å². The zero-order chi connectivity index (χ0) is 15.9. The molecule has 0 N–H and O–H groups in total. The van der Waals surface area contributed by atoms with Crippen LogP contribution in [0.2, 0.25) is 0 Å². The number of benzene rings is 2. The first-order valence-electron chi connectivity index (χ1n) is 7.07. The van der Waals surface area contributed by atoms with Gasteiger partial charge in [0.2, 0.25) is 12.6 Å². The van der Waals surface area contributed by atoms with Crippen molar-refractivity contribution in [2.45, 2.75) is 12.6 Å². The lowest BCUT2D eigenvalue weighted by Crippen LogP contribution is -2.24. The Morgan fingerprint density at radius 2 is 1.00 bits per heavy atom. The summed E-state index contributed by atoms with van der Waals surface area (Å²) < 4.78 is 47.7. The van der Waals surface area contributed by atoms with E-state index >= 15 is 0 Å². The Bertz CT molecular complexity index is 707. The summed E-state index contributed by atoms with van der Waals surface area (Å²) in [5.74, 6) is -0.368. The molecule has 23 heavy (non-hydrogen) atoms. The average Bonchev–Trinajstić information content (AvgIpc) is 2.54. The number of hydrogen-bond acceptors (Lipinski definition) is 6. The Hall–Kier alpha value is -1.26. The van der Waals surface area contributed by atoms with Crippen molar-refractivity contribution in [1.29, 1.82) is 0 Å². The average molecular weight is 352 g/mol. The Labute approximate surface area is 133 Å². The van der Waals surface area contributed by atoms with Gasteiger partial charge in [0.15, 0.2) is 5.90 Å². The molecule has 2 heterocycles. The van der Waals surface area contributed by atoms with Crippen molar-refractivity contribution in [2.75, 3.05) is 5.90 Å². The van der Waals surface area contributed by atoms with Crippen molar-refractivity contribution < 1.29 is 27.2 Å². The van der Waals surface area contributed by atoms with E-state index in [0.29, 0.717) is 11.1 Å². The minimum atomic E-state index is -3.59. The summed E-state index contributed by atoms with van der Waals surface area (Å²) in [6, 6.07) is 17.7. The van der Waals surface area contributed by atoms with E-state index in [9.17, 15) is 9.13 Å². The predicted octanol–water partition coefficient (Wildman–Crippen LogP) is 4.82. The highest BCUT2D eigenvalue weighted by Gasteiger charge is 2.55. The fourth-order valence-electron chi connectivity index (χ4n) is 2.48. The van der Waals surface area contributed by atoms with Crippen LogP contribution >= 0.6 is 15.2 Å². The molecule has 0 saturated carbocycles. The lowest BCUT2D eigenvalue weighted by molar-refractivity contribution is -0.105. The molecule has 4 rings (SSSR count). The molecule has 2 fully saturated rings. The van der Waals surface area contributed by atoms with Gasteiger partial charge in [0.25, 0.3) is 0 Å². The van der Waals surface area contributed by atoms with Crippen LogP contribution in [0.5, 0.6) is 0 Å². The molecule has 0 radical (unpaired) electrons. The maximum Gasteiger partial charge on any atom is 0.347 e. The second-order valence-electron chi connectivity index (χ2n) is 5.27. The standard InChI is InChI=1S/C15H14O6P2/c16-22-11-23(17,19-14(18-22)12-7-3-1-4-8-12)21-15(20-22)13-9-5-2-6-10-13/h1-10,14-15H,11H2. The van der Waals surface area contributed by atoms with E-state index in [-0.39, 0.29) is 5.90 Å². The molecular formula is C15H14O6P2. The van der Waals surface area contributed by atoms with E-state index in [1.807, 2.05) is 12.1 Å².